The van der Waals surface area contributed by atoms with Crippen LogP contribution in [-0.2, 0) is 28.8 Å². The molecule has 0 radical (unpaired) electrons. The number of nitrogens with two attached hydrogens (primary N) is 1. The van der Waals surface area contributed by atoms with Crippen molar-refractivity contribution in [3.63, 3.8) is 0 Å². The molecule has 8 atom stereocenters. The quantitative estimate of drug-likeness (QED) is 0.138. The molecule has 3 fully saturated rings. The molecule has 2 aromatic rings. The number of amides is 4. The molecule has 268 valence electrons. The molecule has 0 spiro atoms. The summed E-state index contributed by atoms with van der Waals surface area (Å²) < 4.78 is -1.79. The van der Waals surface area contributed by atoms with Crippen molar-refractivity contribution in [1.82, 2.24) is 26.2 Å². The Labute approximate surface area is 294 Å². The van der Waals surface area contributed by atoms with Crippen molar-refractivity contribution in [2.75, 3.05) is 0 Å². The van der Waals surface area contributed by atoms with Crippen LogP contribution in [0.5, 0.6) is 11.5 Å². The minimum Gasteiger partial charge on any atom is -0.508 e. The monoisotopic (exact) mass is 730 g/mol. The zero-order chi connectivity index (χ0) is 36.9. The molecule has 5 rings (SSSR count). The van der Waals surface area contributed by atoms with Crippen molar-refractivity contribution in [2.45, 2.75) is 84.2 Å². The van der Waals surface area contributed by atoms with Gasteiger partial charge in [-0.25, -0.2) is 4.79 Å². The Morgan fingerprint density at radius 1 is 0.800 bits per heavy atom. The first-order chi connectivity index (χ1) is 23.3. The van der Waals surface area contributed by atoms with Gasteiger partial charge >= 0.3 is 11.9 Å². The van der Waals surface area contributed by atoms with E-state index in [0.29, 0.717) is 5.56 Å². The summed E-state index contributed by atoms with van der Waals surface area (Å²) in [5.41, 5.74) is 6.70. The first kappa shape index (κ1) is 36.8. The molecule has 3 saturated heterocycles. The average Bonchev–Trinajstić information content (AvgIpc) is 3.51. The predicted octanol–water partition coefficient (Wildman–Crippen LogP) is -0.0341. The van der Waals surface area contributed by atoms with E-state index < -0.39 is 92.1 Å². The number of phenolic OH excluding ortho intramolecular Hbond substituents is 2. The predicted molar refractivity (Wildman–Crippen MR) is 182 cm³/mol. The number of aliphatic carboxylic acids is 2. The van der Waals surface area contributed by atoms with Crippen molar-refractivity contribution in [3.8, 4) is 11.5 Å². The number of nitrogens with one attached hydrogen (secondary N) is 4. The third kappa shape index (κ3) is 7.05. The molecule has 0 aromatic heterocycles. The van der Waals surface area contributed by atoms with Crippen LogP contribution in [0.3, 0.4) is 0 Å². The fourth-order valence-corrected chi connectivity index (χ4v) is 9.38. The first-order valence-corrected chi connectivity index (χ1v) is 17.2. The van der Waals surface area contributed by atoms with Gasteiger partial charge in [0.2, 0.25) is 23.6 Å². The molecule has 16 nitrogen and oxygen atoms in total. The average molecular weight is 731 g/mol. The highest BCUT2D eigenvalue weighted by molar-refractivity contribution is 8.02. The van der Waals surface area contributed by atoms with Crippen LogP contribution < -0.4 is 27.0 Å². The third-order valence-corrected chi connectivity index (χ3v) is 11.9. The Balaban J connectivity index is 1.42. The van der Waals surface area contributed by atoms with E-state index in [0.717, 1.165) is 11.8 Å². The van der Waals surface area contributed by atoms with Crippen LogP contribution in [0.15, 0.2) is 48.5 Å². The highest BCUT2D eigenvalue weighted by Crippen LogP contribution is 2.51. The van der Waals surface area contributed by atoms with Crippen LogP contribution in [0.4, 0.5) is 0 Å². The molecular weight excluding hydrogens is 693 g/mol. The summed E-state index contributed by atoms with van der Waals surface area (Å²) >= 11 is 2.31. The lowest BCUT2D eigenvalue weighted by molar-refractivity contribution is -0.161. The fourth-order valence-electron chi connectivity index (χ4n) is 6.26. The number of hydrogen-bond donors (Lipinski definition) is 9. The fraction of sp³-hybridized carbons (Fsp3) is 0.438. The number of benzene rings is 2. The number of aromatic hydroxyl groups is 2. The van der Waals surface area contributed by atoms with E-state index in [1.807, 2.05) is 0 Å². The number of thioether (sulfide) groups is 2. The maximum absolute atomic E-state index is 14.2. The lowest BCUT2D eigenvalue weighted by Gasteiger charge is -2.44. The zero-order valence-corrected chi connectivity index (χ0v) is 29.0. The van der Waals surface area contributed by atoms with Crippen LogP contribution in [0.25, 0.3) is 0 Å². The number of carboxylic acids is 2. The molecule has 3 unspecified atom stereocenters. The summed E-state index contributed by atoms with van der Waals surface area (Å²) in [6.07, 6.45) is 0. The molecule has 3 aliphatic heterocycles. The minimum atomic E-state index is -1.49. The van der Waals surface area contributed by atoms with Crippen LogP contribution in [-0.4, -0.2) is 105 Å². The summed E-state index contributed by atoms with van der Waals surface area (Å²) in [5, 5.41) is 48.2. The van der Waals surface area contributed by atoms with Crippen LogP contribution in [0.2, 0.25) is 0 Å². The smallest absolute Gasteiger partial charge is 0.327 e. The number of β-lactam (4-membered cyclic amide) rings is 1. The maximum atomic E-state index is 14.2. The second kappa shape index (κ2) is 13.7. The van der Waals surface area contributed by atoms with E-state index in [2.05, 4.69) is 21.3 Å². The molecule has 0 bridgehead atoms. The number of carbonyl (C=O) groups excluding carboxylic acids is 4. The van der Waals surface area contributed by atoms with Gasteiger partial charge in [0.25, 0.3) is 0 Å². The van der Waals surface area contributed by atoms with Gasteiger partial charge in [0.05, 0.1) is 5.37 Å². The summed E-state index contributed by atoms with van der Waals surface area (Å²) in [6, 6.07) is 3.24. The normalized spacial score (nSPS) is 26.5. The van der Waals surface area contributed by atoms with Gasteiger partial charge in [-0.1, -0.05) is 24.3 Å². The highest BCUT2D eigenvalue weighted by atomic mass is 32.2. The summed E-state index contributed by atoms with van der Waals surface area (Å²) in [7, 11) is 0. The molecule has 50 heavy (non-hydrogen) atoms. The second-order valence-electron chi connectivity index (χ2n) is 13.3. The van der Waals surface area contributed by atoms with Gasteiger partial charge in [0.15, 0.2) is 0 Å². The van der Waals surface area contributed by atoms with E-state index in [4.69, 9.17) is 5.73 Å². The van der Waals surface area contributed by atoms with E-state index in [-0.39, 0.29) is 17.1 Å². The highest BCUT2D eigenvalue weighted by Gasteiger charge is 2.64. The number of nitrogens with zero attached hydrogens (tertiary/aromatic N) is 1. The van der Waals surface area contributed by atoms with Gasteiger partial charge in [-0.15, -0.1) is 23.5 Å². The molecule has 18 heteroatoms. The number of carbonyl (C=O) groups is 6. The molecule has 0 aliphatic carbocycles. The minimum absolute atomic E-state index is 0.0566. The Kier molecular flexibility index (Phi) is 10.0. The van der Waals surface area contributed by atoms with Crippen LogP contribution in [0, 0.1) is 0 Å². The topological polar surface area (TPSA) is 261 Å². The largest absolute Gasteiger partial charge is 0.508 e. The molecular formula is C32H38N6O10S2. The van der Waals surface area contributed by atoms with Crippen molar-refractivity contribution >= 4 is 59.1 Å². The van der Waals surface area contributed by atoms with Gasteiger partial charge in [-0.3, -0.25) is 29.3 Å². The zero-order valence-electron chi connectivity index (χ0n) is 27.3. The van der Waals surface area contributed by atoms with E-state index in [1.54, 1.807) is 27.7 Å². The SMILES string of the molecule is CC1(C)S[C@@H]2[C@H](NC(=O)C(NC(=O)C(NC(=O)[C@H](N)c3ccc(O)cc3)C3N[C@@H](C(=O)O)C(C)(C)S3)c3ccc(O)cc3)C(=O)N2[C@H]1C(=O)O. The van der Waals surface area contributed by atoms with E-state index >= 15 is 0 Å². The number of rotatable bonds is 11. The number of phenols is 2. The van der Waals surface area contributed by atoms with Crippen molar-refractivity contribution in [2.24, 2.45) is 5.73 Å². The summed E-state index contributed by atoms with van der Waals surface area (Å²) in [5.74, 6) is -5.70. The van der Waals surface area contributed by atoms with E-state index in [9.17, 15) is 49.2 Å². The molecule has 3 aliphatic rings. The molecule has 2 aromatic carbocycles. The number of hydrogen-bond acceptors (Lipinski definition) is 12. The van der Waals surface area contributed by atoms with Gasteiger partial charge in [-0.2, -0.15) is 0 Å². The van der Waals surface area contributed by atoms with Crippen LogP contribution in [0.1, 0.15) is 50.9 Å². The maximum Gasteiger partial charge on any atom is 0.327 e. The Hall–Kier alpha value is -4.52. The van der Waals surface area contributed by atoms with Gasteiger partial charge in [-0.05, 0) is 63.1 Å². The molecule has 0 saturated carbocycles. The summed E-state index contributed by atoms with van der Waals surface area (Å²) in [4.78, 5) is 79.9. The first-order valence-electron chi connectivity index (χ1n) is 15.5. The lowest BCUT2D eigenvalue weighted by Crippen LogP contribution is -2.71. The lowest BCUT2D eigenvalue weighted by atomic mass is 9.95. The second-order valence-corrected chi connectivity index (χ2v) is 16.8. The van der Waals surface area contributed by atoms with Crippen molar-refractivity contribution in [3.05, 3.63) is 59.7 Å². The molecule has 3 heterocycles. The number of fused-ring (bicyclic) bond motifs is 1. The van der Waals surface area contributed by atoms with Crippen LogP contribution >= 0.6 is 23.5 Å². The third-order valence-electron chi connectivity index (χ3n) is 8.87. The Bertz CT molecular complexity index is 1710. The van der Waals surface area contributed by atoms with Gasteiger partial charge in [0.1, 0.15) is 53.1 Å². The Morgan fingerprint density at radius 3 is 1.88 bits per heavy atom. The van der Waals surface area contributed by atoms with Crippen molar-refractivity contribution < 1.29 is 49.2 Å². The molecule has 10 N–H and O–H groups in total. The van der Waals surface area contributed by atoms with Gasteiger partial charge < -0.3 is 47.0 Å². The van der Waals surface area contributed by atoms with E-state index in [1.165, 1.54) is 65.2 Å². The van der Waals surface area contributed by atoms with Gasteiger partial charge in [0, 0.05) is 9.49 Å². The Morgan fingerprint density at radius 2 is 1.36 bits per heavy atom. The number of carboxylic acid groups (broad SMARTS) is 2. The molecule has 4 amide bonds. The summed E-state index contributed by atoms with van der Waals surface area (Å²) in [6.45, 7) is 6.69. The van der Waals surface area contributed by atoms with Crippen molar-refractivity contribution in [1.29, 1.82) is 0 Å². The standard InChI is InChI=1S/C32H38N6O10S2/c1-31(2)21(29(45)46)37-26(49-31)19(35-23(41)17(33)13-5-9-15(39)10-6-13)25(43)34-18(14-7-11-16(40)12-8-14)24(42)36-20-27(44)38-22(30(47)48)32(3,4)50-28(20)38/h5-12,17-22,26,28,37,39-40H,33H2,1-4H3,(H,34,43)(H,35,41)(H,36,42)(H,45,46)(H,47,48)/t17-,18?,19?,20-,21+,22+,26?,28-/m1/s1.